The third-order valence-electron chi connectivity index (χ3n) is 7.59. The molecule has 2 saturated carbocycles. The summed E-state index contributed by atoms with van der Waals surface area (Å²) in [5.74, 6) is 4.50. The van der Waals surface area contributed by atoms with E-state index >= 15 is 0 Å². The molecule has 0 unspecified atom stereocenters. The average Bonchev–Trinajstić information content (AvgIpc) is 2.92. The number of terminal acetylenes is 1. The molecule has 3 aliphatic rings. The molecule has 0 N–H and O–H groups in total. The van der Waals surface area contributed by atoms with Crippen molar-refractivity contribution >= 4 is 10.5 Å². The Labute approximate surface area is 160 Å². The van der Waals surface area contributed by atoms with Crippen molar-refractivity contribution in [2.75, 3.05) is 7.11 Å². The Balaban J connectivity index is 1.65. The molecule has 0 radical (unpaired) electrons. The monoisotopic (exact) mass is 392 g/mol. The zero-order valence-corrected chi connectivity index (χ0v) is 16.5. The molecular weight excluding hydrogens is 367 g/mol. The molecule has 0 heterocycles. The highest BCUT2D eigenvalue weighted by Gasteiger charge is 2.62. The highest BCUT2D eigenvalue weighted by atomic mass is 32.3. The smallest absolute Gasteiger partial charge is 0.365 e. The van der Waals surface area contributed by atoms with Gasteiger partial charge in [-0.2, -0.15) is 8.42 Å². The number of hydrogen-bond donors (Lipinski definition) is 0. The van der Waals surface area contributed by atoms with E-state index in [0.29, 0.717) is 17.8 Å². The Morgan fingerprint density at radius 3 is 2.70 bits per heavy atom. The van der Waals surface area contributed by atoms with Gasteiger partial charge in [0.2, 0.25) is 0 Å². The topological polar surface area (TPSA) is 52.6 Å². The molecule has 3 aliphatic carbocycles. The van der Waals surface area contributed by atoms with Gasteiger partial charge in [-0.3, -0.25) is 0 Å². The van der Waals surface area contributed by atoms with Gasteiger partial charge in [-0.25, -0.2) is 0 Å². The van der Waals surface area contributed by atoms with Crippen molar-refractivity contribution in [1.29, 1.82) is 0 Å². The van der Waals surface area contributed by atoms with Crippen LogP contribution in [-0.2, 0) is 21.7 Å². The van der Waals surface area contributed by atoms with Gasteiger partial charge in [0.1, 0.15) is 11.4 Å². The van der Waals surface area contributed by atoms with E-state index < -0.39 is 16.1 Å². The first-order valence-corrected chi connectivity index (χ1v) is 10.8. The van der Waals surface area contributed by atoms with Crippen LogP contribution in [0.5, 0.6) is 5.75 Å². The molecule has 0 bridgehead atoms. The van der Waals surface area contributed by atoms with Crippen molar-refractivity contribution in [2.45, 2.75) is 57.0 Å². The van der Waals surface area contributed by atoms with E-state index in [2.05, 4.69) is 17.0 Å². The minimum atomic E-state index is -5.00. The van der Waals surface area contributed by atoms with Gasteiger partial charge in [-0.1, -0.05) is 22.8 Å². The van der Waals surface area contributed by atoms with Crippen molar-refractivity contribution < 1.29 is 21.2 Å². The van der Waals surface area contributed by atoms with E-state index in [1.165, 1.54) is 5.56 Å². The summed E-state index contributed by atoms with van der Waals surface area (Å²) in [6, 6.07) is 5.14. The lowest BCUT2D eigenvalue weighted by Crippen LogP contribution is -2.51. The van der Waals surface area contributed by atoms with Crippen LogP contribution in [0.4, 0.5) is 3.89 Å². The van der Waals surface area contributed by atoms with Crippen molar-refractivity contribution in [1.82, 2.24) is 0 Å². The predicted octanol–water partition coefficient (Wildman–Crippen LogP) is 4.15. The summed E-state index contributed by atoms with van der Waals surface area (Å²) >= 11 is 0. The number of aryl methyl sites for hydroxylation is 1. The number of rotatable bonds is 3. The third-order valence-corrected chi connectivity index (χ3v) is 7.99. The minimum Gasteiger partial charge on any atom is -0.365 e. The molecule has 0 amide bonds. The largest absolute Gasteiger partial charge is 0.488 e. The van der Waals surface area contributed by atoms with E-state index in [0.717, 1.165) is 44.1 Å². The third kappa shape index (κ3) is 2.78. The number of ether oxygens (including phenoxy) is 1. The van der Waals surface area contributed by atoms with Crippen LogP contribution >= 0.6 is 0 Å². The van der Waals surface area contributed by atoms with E-state index in [4.69, 9.17) is 11.2 Å². The average molecular weight is 392 g/mol. The van der Waals surface area contributed by atoms with Gasteiger partial charge in [0.25, 0.3) is 0 Å². The quantitative estimate of drug-likeness (QED) is 0.573. The van der Waals surface area contributed by atoms with Crippen molar-refractivity contribution in [2.24, 2.45) is 17.3 Å². The van der Waals surface area contributed by atoms with Crippen LogP contribution in [0.3, 0.4) is 0 Å². The number of hydrogen-bond acceptors (Lipinski definition) is 4. The molecule has 4 rings (SSSR count). The fourth-order valence-electron chi connectivity index (χ4n) is 6.36. The Morgan fingerprint density at radius 1 is 1.26 bits per heavy atom. The number of halogens is 1. The van der Waals surface area contributed by atoms with Gasteiger partial charge in [0.15, 0.2) is 0 Å². The standard InChI is InChI=1S/C21H25FO4S/c1-4-21(25-3)12-10-19-18-7-5-14-13-15(26-27(22,23)24)6-8-16(14)17(18)9-11-20(19,21)2/h1,6,8,13,17-19H,5,7,9-12H2,2-3H3/t17-,18-,19+,20+,21+/m1/s1. The molecule has 146 valence electrons. The first kappa shape index (κ1) is 18.8. The molecule has 0 aliphatic heterocycles. The normalized spacial score (nSPS) is 37.6. The summed E-state index contributed by atoms with van der Waals surface area (Å²) in [5, 5.41) is 0. The molecule has 0 spiro atoms. The van der Waals surface area contributed by atoms with Crippen LogP contribution in [0, 0.1) is 29.6 Å². The van der Waals surface area contributed by atoms with E-state index in [1.807, 2.05) is 6.07 Å². The molecule has 4 nitrogen and oxygen atoms in total. The maximum atomic E-state index is 12.8. The predicted molar refractivity (Wildman–Crippen MR) is 100 cm³/mol. The van der Waals surface area contributed by atoms with Gasteiger partial charge < -0.3 is 8.92 Å². The molecule has 5 atom stereocenters. The summed E-state index contributed by atoms with van der Waals surface area (Å²) in [6.07, 6.45) is 11.8. The first-order valence-electron chi connectivity index (χ1n) is 9.53. The molecule has 1 aromatic rings. The van der Waals surface area contributed by atoms with Gasteiger partial charge in [0.05, 0.1) is 0 Å². The molecule has 1 aromatic carbocycles. The Hall–Kier alpha value is -1.58. The number of benzene rings is 1. The van der Waals surface area contributed by atoms with E-state index in [-0.39, 0.29) is 11.2 Å². The molecule has 27 heavy (non-hydrogen) atoms. The second kappa shape index (κ2) is 6.22. The fourth-order valence-corrected chi connectivity index (χ4v) is 6.69. The SMILES string of the molecule is C#C[C@]1(OC)CC[C@H]2[C@@H]3CCc4cc(OS(=O)(=O)F)ccc4[C@H]3CC[C@@]21C. The second-order valence-corrected chi connectivity index (χ2v) is 9.38. The Bertz CT molecular complexity index is 905. The first-order chi connectivity index (χ1) is 12.7. The maximum absolute atomic E-state index is 12.8. The van der Waals surface area contributed by atoms with Crippen LogP contribution in [0.15, 0.2) is 18.2 Å². The number of methoxy groups -OCH3 is 1. The lowest BCUT2D eigenvalue weighted by Gasteiger charge is -2.53. The van der Waals surface area contributed by atoms with E-state index in [1.54, 1.807) is 19.2 Å². The summed E-state index contributed by atoms with van der Waals surface area (Å²) in [4.78, 5) is 0. The molecule has 0 saturated heterocycles. The van der Waals surface area contributed by atoms with Crippen molar-refractivity contribution in [3.63, 3.8) is 0 Å². The highest BCUT2D eigenvalue weighted by Crippen LogP contribution is 2.65. The zero-order valence-electron chi connectivity index (χ0n) is 15.7. The van der Waals surface area contributed by atoms with Crippen LogP contribution < -0.4 is 4.18 Å². The summed E-state index contributed by atoms with van der Waals surface area (Å²) in [6.45, 7) is 2.29. The van der Waals surface area contributed by atoms with Gasteiger partial charge in [-0.05, 0) is 79.5 Å². The van der Waals surface area contributed by atoms with Gasteiger partial charge in [-0.15, -0.1) is 6.42 Å². The van der Waals surface area contributed by atoms with Gasteiger partial charge in [0, 0.05) is 12.5 Å². The zero-order chi connectivity index (χ0) is 19.4. The molecule has 2 fully saturated rings. The molecule has 6 heteroatoms. The maximum Gasteiger partial charge on any atom is 0.488 e. The van der Waals surface area contributed by atoms with Crippen LogP contribution in [-0.4, -0.2) is 21.1 Å². The molecular formula is C21H25FO4S. The van der Waals surface area contributed by atoms with Crippen LogP contribution in [0.1, 0.15) is 56.1 Å². The summed E-state index contributed by atoms with van der Waals surface area (Å²) in [7, 11) is -3.27. The van der Waals surface area contributed by atoms with Crippen LogP contribution in [0.2, 0.25) is 0 Å². The molecule has 0 aromatic heterocycles. The highest BCUT2D eigenvalue weighted by molar-refractivity contribution is 7.81. The van der Waals surface area contributed by atoms with E-state index in [9.17, 15) is 12.3 Å². The van der Waals surface area contributed by atoms with Crippen molar-refractivity contribution in [3.05, 3.63) is 29.3 Å². The fraction of sp³-hybridized carbons (Fsp3) is 0.619. The summed E-state index contributed by atoms with van der Waals surface area (Å²) in [5.41, 5.74) is 1.82. The summed E-state index contributed by atoms with van der Waals surface area (Å²) < 4.78 is 44.6. The lowest BCUT2D eigenvalue weighted by molar-refractivity contribution is -0.0885. The second-order valence-electron chi connectivity index (χ2n) is 8.42. The van der Waals surface area contributed by atoms with Gasteiger partial charge >= 0.3 is 10.5 Å². The van der Waals surface area contributed by atoms with Crippen molar-refractivity contribution in [3.8, 4) is 18.1 Å². The minimum absolute atomic E-state index is 0.0134. The van der Waals surface area contributed by atoms with Crippen LogP contribution in [0.25, 0.3) is 0 Å². The lowest BCUT2D eigenvalue weighted by atomic mass is 9.53. The Morgan fingerprint density at radius 2 is 2.04 bits per heavy atom. The Kier molecular flexibility index (Phi) is 4.32. The number of fused-ring (bicyclic) bond motifs is 5.